The van der Waals surface area contributed by atoms with Gasteiger partial charge >= 0.3 is 0 Å². The van der Waals surface area contributed by atoms with Gasteiger partial charge in [0.1, 0.15) is 17.0 Å². The molecule has 0 atom stereocenters. The highest BCUT2D eigenvalue weighted by molar-refractivity contribution is 5.92. The first-order valence-electron chi connectivity index (χ1n) is 6.11. The lowest BCUT2D eigenvalue weighted by molar-refractivity contribution is 0.0944. The lowest BCUT2D eigenvalue weighted by atomic mass is 10.3. The summed E-state index contributed by atoms with van der Waals surface area (Å²) >= 11 is 0. The van der Waals surface area contributed by atoms with Crippen LogP contribution in [0.5, 0.6) is 0 Å². The maximum Gasteiger partial charge on any atom is 0.271 e. The molecule has 0 unspecified atom stereocenters. The molecule has 1 rings (SSSR count). The standard InChI is InChI=1S/C12H20N6O/c1-4-10(13)18-11(14)6-5-9(16-18)12(19)15-7-8-17(2)3/h5-6,13-14H,4,7-8H2,1-3H3,(H,15,19). The van der Waals surface area contributed by atoms with E-state index in [4.69, 9.17) is 10.8 Å². The molecule has 0 radical (unpaired) electrons. The number of aromatic nitrogens is 2. The van der Waals surface area contributed by atoms with Crippen LogP contribution in [0.25, 0.3) is 0 Å². The van der Waals surface area contributed by atoms with Crippen LogP contribution in [0.4, 0.5) is 0 Å². The molecule has 1 aromatic rings. The van der Waals surface area contributed by atoms with E-state index in [0.29, 0.717) is 13.0 Å². The van der Waals surface area contributed by atoms with Crippen molar-refractivity contribution >= 4 is 11.7 Å². The van der Waals surface area contributed by atoms with Gasteiger partial charge in [0, 0.05) is 19.5 Å². The maximum absolute atomic E-state index is 11.9. The zero-order valence-corrected chi connectivity index (χ0v) is 11.5. The van der Waals surface area contributed by atoms with Gasteiger partial charge < -0.3 is 10.2 Å². The fourth-order valence-electron chi connectivity index (χ4n) is 1.38. The van der Waals surface area contributed by atoms with Crippen LogP contribution in [0, 0.1) is 10.8 Å². The highest BCUT2D eigenvalue weighted by Crippen LogP contribution is 1.92. The molecule has 19 heavy (non-hydrogen) atoms. The average molecular weight is 264 g/mol. The first kappa shape index (κ1) is 15.0. The second kappa shape index (κ2) is 6.79. The van der Waals surface area contributed by atoms with Gasteiger partial charge in [-0.3, -0.25) is 15.6 Å². The fraction of sp³-hybridized carbons (Fsp3) is 0.500. The smallest absolute Gasteiger partial charge is 0.271 e. The van der Waals surface area contributed by atoms with E-state index in [2.05, 4.69) is 10.4 Å². The molecule has 0 saturated heterocycles. The number of nitrogens with zero attached hydrogens (tertiary/aromatic N) is 3. The van der Waals surface area contributed by atoms with Crippen molar-refractivity contribution in [3.8, 4) is 0 Å². The fourth-order valence-corrected chi connectivity index (χ4v) is 1.38. The summed E-state index contributed by atoms with van der Waals surface area (Å²) in [5, 5.41) is 22.1. The van der Waals surface area contributed by atoms with E-state index in [1.165, 1.54) is 16.8 Å². The van der Waals surface area contributed by atoms with Gasteiger partial charge in [-0.05, 0) is 26.2 Å². The molecule has 0 aliphatic rings. The third-order valence-corrected chi connectivity index (χ3v) is 2.50. The molecule has 1 aromatic heterocycles. The predicted molar refractivity (Wildman–Crippen MR) is 72.4 cm³/mol. The molecule has 3 N–H and O–H groups in total. The van der Waals surface area contributed by atoms with E-state index in [1.54, 1.807) is 6.92 Å². The summed E-state index contributed by atoms with van der Waals surface area (Å²) in [4.78, 5) is 13.8. The number of carbonyl (C=O) groups excluding carboxylic acids is 1. The normalized spacial score (nSPS) is 10.5. The Morgan fingerprint density at radius 2 is 2.16 bits per heavy atom. The third kappa shape index (κ3) is 4.29. The second-order valence-electron chi connectivity index (χ2n) is 4.38. The molecule has 1 amide bonds. The van der Waals surface area contributed by atoms with Gasteiger partial charge in [0.15, 0.2) is 0 Å². The summed E-state index contributed by atoms with van der Waals surface area (Å²) in [5.74, 6) is -0.104. The van der Waals surface area contributed by atoms with Gasteiger partial charge in [0.05, 0.1) is 0 Å². The molecule has 0 aliphatic heterocycles. The molecule has 7 heteroatoms. The van der Waals surface area contributed by atoms with E-state index in [1.807, 2.05) is 19.0 Å². The molecule has 0 spiro atoms. The van der Waals surface area contributed by atoms with Gasteiger partial charge in [-0.25, -0.2) is 4.68 Å². The van der Waals surface area contributed by atoms with Crippen LogP contribution in [0.15, 0.2) is 12.1 Å². The summed E-state index contributed by atoms with van der Waals surface area (Å²) in [6.07, 6.45) is 0.454. The van der Waals surface area contributed by atoms with E-state index in [0.717, 1.165) is 6.54 Å². The highest BCUT2D eigenvalue weighted by Gasteiger charge is 2.09. The highest BCUT2D eigenvalue weighted by atomic mass is 16.1. The Balaban J connectivity index is 2.81. The van der Waals surface area contributed by atoms with Crippen molar-refractivity contribution in [2.75, 3.05) is 27.2 Å². The van der Waals surface area contributed by atoms with Crippen LogP contribution in [-0.4, -0.2) is 53.6 Å². The minimum Gasteiger partial charge on any atom is -0.349 e. The summed E-state index contributed by atoms with van der Waals surface area (Å²) in [7, 11) is 3.85. The van der Waals surface area contributed by atoms with Crippen LogP contribution in [-0.2, 0) is 0 Å². The van der Waals surface area contributed by atoms with Crippen molar-refractivity contribution in [1.29, 1.82) is 10.8 Å². The van der Waals surface area contributed by atoms with Crippen molar-refractivity contribution in [3.63, 3.8) is 0 Å². The number of hydrogen-bond acceptors (Lipinski definition) is 5. The quantitative estimate of drug-likeness (QED) is 0.511. The minimum absolute atomic E-state index is 0.0942. The zero-order chi connectivity index (χ0) is 14.4. The zero-order valence-electron chi connectivity index (χ0n) is 11.5. The SMILES string of the molecule is CCC(=N)n1nc(C(=O)NCCN(C)C)ccc1=N. The van der Waals surface area contributed by atoms with Gasteiger partial charge in [-0.15, -0.1) is 0 Å². The van der Waals surface area contributed by atoms with Gasteiger partial charge in [0.2, 0.25) is 0 Å². The largest absolute Gasteiger partial charge is 0.349 e. The van der Waals surface area contributed by atoms with Crippen LogP contribution >= 0.6 is 0 Å². The van der Waals surface area contributed by atoms with Crippen molar-refractivity contribution in [3.05, 3.63) is 23.3 Å². The van der Waals surface area contributed by atoms with E-state index >= 15 is 0 Å². The Morgan fingerprint density at radius 3 is 2.74 bits per heavy atom. The number of rotatable bonds is 5. The Labute approximate surface area is 112 Å². The van der Waals surface area contributed by atoms with E-state index in [9.17, 15) is 4.79 Å². The molecule has 0 aliphatic carbocycles. The van der Waals surface area contributed by atoms with Crippen LogP contribution < -0.4 is 10.8 Å². The first-order valence-corrected chi connectivity index (χ1v) is 6.11. The monoisotopic (exact) mass is 264 g/mol. The lowest BCUT2D eigenvalue weighted by Crippen LogP contribution is -2.35. The van der Waals surface area contributed by atoms with Crippen LogP contribution in [0.2, 0.25) is 0 Å². The lowest BCUT2D eigenvalue weighted by Gasteiger charge is -2.11. The minimum atomic E-state index is -0.292. The van der Waals surface area contributed by atoms with Crippen molar-refractivity contribution in [2.24, 2.45) is 0 Å². The molecule has 7 nitrogen and oxygen atoms in total. The number of amides is 1. The Hall–Kier alpha value is -2.02. The molecular formula is C12H20N6O. The van der Waals surface area contributed by atoms with Gasteiger partial charge in [-0.2, -0.15) is 5.10 Å². The predicted octanol–water partition coefficient (Wildman–Crippen LogP) is -0.111. The summed E-state index contributed by atoms with van der Waals surface area (Å²) < 4.78 is 1.17. The van der Waals surface area contributed by atoms with Crippen molar-refractivity contribution in [1.82, 2.24) is 20.0 Å². The number of hydrogen-bond donors (Lipinski definition) is 3. The van der Waals surface area contributed by atoms with E-state index < -0.39 is 0 Å². The Bertz CT molecular complexity index is 519. The molecule has 1 heterocycles. The number of carbonyl (C=O) groups is 1. The van der Waals surface area contributed by atoms with Crippen molar-refractivity contribution < 1.29 is 4.79 Å². The van der Waals surface area contributed by atoms with Crippen LogP contribution in [0.1, 0.15) is 23.8 Å². The molecule has 0 aromatic carbocycles. The topological polar surface area (TPSA) is 97.9 Å². The van der Waals surface area contributed by atoms with Crippen LogP contribution in [0.3, 0.4) is 0 Å². The molecular weight excluding hydrogens is 244 g/mol. The third-order valence-electron chi connectivity index (χ3n) is 2.50. The maximum atomic E-state index is 11.9. The number of nitrogens with one attached hydrogen (secondary N) is 3. The molecule has 0 fully saturated rings. The van der Waals surface area contributed by atoms with Gasteiger partial charge in [0.25, 0.3) is 5.91 Å². The average Bonchev–Trinajstić information content (AvgIpc) is 2.37. The molecule has 0 bridgehead atoms. The molecule has 0 saturated carbocycles. The summed E-state index contributed by atoms with van der Waals surface area (Å²) in [6, 6.07) is 2.96. The Kier molecular flexibility index (Phi) is 5.37. The first-order chi connectivity index (χ1) is 8.95. The molecule has 104 valence electrons. The summed E-state index contributed by atoms with van der Waals surface area (Å²) in [6.45, 7) is 3.08. The van der Waals surface area contributed by atoms with Crippen molar-refractivity contribution in [2.45, 2.75) is 13.3 Å². The number of likely N-dealkylation sites (N-methyl/N-ethyl adjacent to an activating group) is 1. The second-order valence-corrected chi connectivity index (χ2v) is 4.38. The summed E-state index contributed by atoms with van der Waals surface area (Å²) in [5.41, 5.74) is 0.310. The van der Waals surface area contributed by atoms with Gasteiger partial charge in [-0.1, -0.05) is 6.92 Å². The Morgan fingerprint density at radius 1 is 1.47 bits per heavy atom. The van der Waals surface area contributed by atoms with E-state index in [-0.39, 0.29) is 22.9 Å².